The zero-order chi connectivity index (χ0) is 14.6. The van der Waals surface area contributed by atoms with Gasteiger partial charge >= 0.3 is 5.97 Å². The lowest BCUT2D eigenvalue weighted by Gasteiger charge is -2.38. The minimum atomic E-state index is -0.147. The summed E-state index contributed by atoms with van der Waals surface area (Å²) in [5.74, 6) is 0.147. The zero-order valence-electron chi connectivity index (χ0n) is 12.6. The molecule has 0 N–H and O–H groups in total. The van der Waals surface area contributed by atoms with Gasteiger partial charge in [0.05, 0.1) is 18.6 Å². The fourth-order valence-electron chi connectivity index (χ4n) is 3.08. The maximum absolute atomic E-state index is 12.2. The molecule has 110 valence electrons. The van der Waals surface area contributed by atoms with E-state index in [0.29, 0.717) is 5.92 Å². The van der Waals surface area contributed by atoms with Gasteiger partial charge in [-0.1, -0.05) is 30.3 Å². The molecule has 1 saturated heterocycles. The molecule has 0 saturated carbocycles. The Morgan fingerprint density at radius 2 is 2.10 bits per heavy atom. The summed E-state index contributed by atoms with van der Waals surface area (Å²) in [6, 6.07) is 10.2. The highest BCUT2D eigenvalue weighted by Gasteiger charge is 2.37. The Balaban J connectivity index is 2.13. The van der Waals surface area contributed by atoms with E-state index in [1.807, 2.05) is 18.2 Å². The normalized spacial score (nSPS) is 23.1. The first-order valence-electron chi connectivity index (χ1n) is 7.27. The van der Waals surface area contributed by atoms with Gasteiger partial charge in [0, 0.05) is 6.61 Å². The highest BCUT2D eigenvalue weighted by atomic mass is 16.5. The van der Waals surface area contributed by atoms with Gasteiger partial charge in [-0.2, -0.15) is 0 Å². The molecule has 0 amide bonds. The lowest BCUT2D eigenvalue weighted by atomic mass is 9.77. The van der Waals surface area contributed by atoms with Gasteiger partial charge in [-0.25, -0.2) is 0 Å². The number of carbonyl (C=O) groups is 1. The molecule has 0 bridgehead atoms. The van der Waals surface area contributed by atoms with Crippen molar-refractivity contribution in [3.8, 4) is 0 Å². The summed E-state index contributed by atoms with van der Waals surface area (Å²) in [6.07, 6.45) is 2.57. The summed E-state index contributed by atoms with van der Waals surface area (Å²) in [5.41, 5.74) is 1.04. The Morgan fingerprint density at radius 1 is 1.40 bits per heavy atom. The van der Waals surface area contributed by atoms with Crippen molar-refractivity contribution in [2.75, 3.05) is 13.7 Å². The smallest absolute Gasteiger partial charge is 0.309 e. The second-order valence-electron chi connectivity index (χ2n) is 6.18. The molecule has 20 heavy (non-hydrogen) atoms. The molecule has 0 aliphatic carbocycles. The number of hydrogen-bond donors (Lipinski definition) is 0. The Bertz CT molecular complexity index is 439. The van der Waals surface area contributed by atoms with Gasteiger partial charge < -0.3 is 9.47 Å². The van der Waals surface area contributed by atoms with Crippen molar-refractivity contribution in [2.45, 2.75) is 38.7 Å². The van der Waals surface area contributed by atoms with Crippen LogP contribution in [0.25, 0.3) is 0 Å². The van der Waals surface area contributed by atoms with Crippen LogP contribution in [0, 0.1) is 11.8 Å². The van der Waals surface area contributed by atoms with Gasteiger partial charge in [0.2, 0.25) is 0 Å². The highest BCUT2D eigenvalue weighted by Crippen LogP contribution is 2.35. The number of carbonyl (C=O) groups excluding carboxylic acids is 1. The van der Waals surface area contributed by atoms with E-state index in [2.05, 4.69) is 26.0 Å². The lowest BCUT2D eigenvalue weighted by molar-refractivity contribution is -0.151. The highest BCUT2D eigenvalue weighted by molar-refractivity contribution is 5.73. The summed E-state index contributed by atoms with van der Waals surface area (Å²) in [5, 5.41) is 0. The van der Waals surface area contributed by atoms with Crippen molar-refractivity contribution in [3.05, 3.63) is 35.9 Å². The molecule has 2 rings (SSSR count). The largest absolute Gasteiger partial charge is 0.469 e. The molecule has 1 aliphatic heterocycles. The number of rotatable bonds is 4. The van der Waals surface area contributed by atoms with Crippen molar-refractivity contribution < 1.29 is 14.3 Å². The van der Waals surface area contributed by atoms with Crippen molar-refractivity contribution >= 4 is 5.97 Å². The minimum Gasteiger partial charge on any atom is -0.469 e. The standard InChI is InChI=1S/C17H24O3/c1-17(2)12-14(9-10-20-17)15(16(18)19-3)11-13-7-5-4-6-8-13/h4-8,14-15H,9-12H2,1-3H3. The topological polar surface area (TPSA) is 35.5 Å². The third-order valence-electron chi connectivity index (χ3n) is 4.11. The van der Waals surface area contributed by atoms with Crippen LogP contribution in [0.4, 0.5) is 0 Å². The molecular weight excluding hydrogens is 252 g/mol. The predicted molar refractivity (Wildman–Crippen MR) is 78.4 cm³/mol. The van der Waals surface area contributed by atoms with E-state index < -0.39 is 0 Å². The third kappa shape index (κ3) is 3.83. The van der Waals surface area contributed by atoms with E-state index >= 15 is 0 Å². The van der Waals surface area contributed by atoms with Gasteiger partial charge in [0.15, 0.2) is 0 Å². The van der Waals surface area contributed by atoms with Crippen LogP contribution >= 0.6 is 0 Å². The Morgan fingerprint density at radius 3 is 2.70 bits per heavy atom. The lowest BCUT2D eigenvalue weighted by Crippen LogP contribution is -2.40. The Hall–Kier alpha value is -1.35. The number of hydrogen-bond acceptors (Lipinski definition) is 3. The van der Waals surface area contributed by atoms with Crippen molar-refractivity contribution in [2.24, 2.45) is 11.8 Å². The van der Waals surface area contributed by atoms with E-state index in [0.717, 1.165) is 25.9 Å². The summed E-state index contributed by atoms with van der Waals surface area (Å²) in [6.45, 7) is 4.91. The van der Waals surface area contributed by atoms with Gasteiger partial charge in [0.1, 0.15) is 0 Å². The molecule has 2 unspecified atom stereocenters. The number of benzene rings is 1. The van der Waals surface area contributed by atoms with Crippen LogP contribution in [0.3, 0.4) is 0 Å². The third-order valence-corrected chi connectivity index (χ3v) is 4.11. The van der Waals surface area contributed by atoms with Crippen LogP contribution < -0.4 is 0 Å². The van der Waals surface area contributed by atoms with Gasteiger partial charge in [-0.15, -0.1) is 0 Å². The van der Waals surface area contributed by atoms with Gasteiger partial charge in [0.25, 0.3) is 0 Å². The second-order valence-corrected chi connectivity index (χ2v) is 6.18. The number of esters is 1. The van der Waals surface area contributed by atoms with E-state index in [1.165, 1.54) is 12.7 Å². The monoisotopic (exact) mass is 276 g/mol. The first-order chi connectivity index (χ1) is 9.52. The SMILES string of the molecule is COC(=O)C(Cc1ccccc1)C1CCOC(C)(C)C1. The molecule has 3 heteroatoms. The molecule has 1 aromatic carbocycles. The first kappa shape index (κ1) is 15.0. The minimum absolute atomic E-state index is 0.0782. The molecular formula is C17H24O3. The molecule has 1 heterocycles. The quantitative estimate of drug-likeness (QED) is 0.792. The Kier molecular flexibility index (Phi) is 4.81. The molecule has 1 aliphatic rings. The maximum atomic E-state index is 12.2. The van der Waals surface area contributed by atoms with E-state index in [-0.39, 0.29) is 17.5 Å². The molecule has 0 aromatic heterocycles. The van der Waals surface area contributed by atoms with Crippen molar-refractivity contribution in [1.29, 1.82) is 0 Å². The molecule has 0 spiro atoms. The molecule has 2 atom stereocenters. The molecule has 1 fully saturated rings. The van der Waals surface area contributed by atoms with E-state index in [1.54, 1.807) is 0 Å². The van der Waals surface area contributed by atoms with Crippen LogP contribution in [-0.4, -0.2) is 25.3 Å². The van der Waals surface area contributed by atoms with Crippen LogP contribution in [0.2, 0.25) is 0 Å². The van der Waals surface area contributed by atoms with Gasteiger partial charge in [-0.05, 0) is 44.6 Å². The maximum Gasteiger partial charge on any atom is 0.309 e. The van der Waals surface area contributed by atoms with E-state index in [4.69, 9.17) is 9.47 Å². The first-order valence-corrected chi connectivity index (χ1v) is 7.27. The summed E-state index contributed by atoms with van der Waals surface area (Å²) < 4.78 is 10.8. The number of ether oxygens (including phenoxy) is 2. The van der Waals surface area contributed by atoms with Crippen LogP contribution in [0.15, 0.2) is 30.3 Å². The van der Waals surface area contributed by atoms with Gasteiger partial charge in [-0.3, -0.25) is 4.79 Å². The van der Waals surface area contributed by atoms with Crippen molar-refractivity contribution in [1.82, 2.24) is 0 Å². The fourth-order valence-corrected chi connectivity index (χ4v) is 3.08. The Labute approximate surface area is 121 Å². The second kappa shape index (κ2) is 6.40. The average Bonchev–Trinajstić information content (AvgIpc) is 2.44. The predicted octanol–water partition coefficient (Wildman–Crippen LogP) is 3.22. The molecule has 0 radical (unpaired) electrons. The fraction of sp³-hybridized carbons (Fsp3) is 0.588. The van der Waals surface area contributed by atoms with Crippen LogP contribution in [-0.2, 0) is 20.7 Å². The van der Waals surface area contributed by atoms with Crippen molar-refractivity contribution in [3.63, 3.8) is 0 Å². The van der Waals surface area contributed by atoms with Crippen LogP contribution in [0.5, 0.6) is 0 Å². The molecule has 3 nitrogen and oxygen atoms in total. The average molecular weight is 276 g/mol. The summed E-state index contributed by atoms with van der Waals surface area (Å²) >= 11 is 0. The summed E-state index contributed by atoms with van der Waals surface area (Å²) in [4.78, 5) is 12.2. The van der Waals surface area contributed by atoms with E-state index in [9.17, 15) is 4.79 Å². The summed E-state index contributed by atoms with van der Waals surface area (Å²) in [7, 11) is 1.48. The molecule has 1 aromatic rings. The zero-order valence-corrected chi connectivity index (χ0v) is 12.6. The van der Waals surface area contributed by atoms with Crippen LogP contribution in [0.1, 0.15) is 32.3 Å². The number of methoxy groups -OCH3 is 1.